The van der Waals surface area contributed by atoms with Gasteiger partial charge in [-0.15, -0.1) is 0 Å². The Morgan fingerprint density at radius 3 is 2.60 bits per heavy atom. The van der Waals surface area contributed by atoms with Gasteiger partial charge in [0.15, 0.2) is 12.3 Å². The summed E-state index contributed by atoms with van der Waals surface area (Å²) in [5.74, 6) is -0.193. The Kier molecular flexibility index (Phi) is 4.13. The van der Waals surface area contributed by atoms with E-state index in [1.807, 2.05) is 5.10 Å². The van der Waals surface area contributed by atoms with E-state index in [0.29, 0.717) is 11.3 Å². The number of carbonyl (C=O) groups excluding carboxylic acids is 1. The number of rotatable bonds is 5. The molecule has 0 radical (unpaired) electrons. The number of primary amides is 1. The van der Waals surface area contributed by atoms with Crippen molar-refractivity contribution >= 4 is 5.91 Å². The Balaban J connectivity index is 1.77. The second-order valence-corrected chi connectivity index (χ2v) is 4.87. The first-order valence-electron chi connectivity index (χ1n) is 6.81. The first-order chi connectivity index (χ1) is 11.8. The Labute approximate surface area is 137 Å². The van der Waals surface area contributed by atoms with Crippen LogP contribution >= 0.6 is 0 Å². The third-order valence-corrected chi connectivity index (χ3v) is 3.02. The Bertz CT molecular complexity index is 886. The summed E-state index contributed by atoms with van der Waals surface area (Å²) in [5, 5.41) is 9.08. The zero-order valence-corrected chi connectivity index (χ0v) is 12.4. The molecule has 2 aromatic heterocycles. The standard InChI is InChI=1S/C14H10F3N5O3/c15-14(16,17)10-5-9(20-21-10)13-19-12(22-25-13)7-1-3-8(4-2-7)24-6-11(18)23/h1-5H,6H2,(H2,18,23)(H,20,21). The third kappa shape index (κ3) is 3.76. The fraction of sp³-hybridized carbons (Fsp3) is 0.143. The van der Waals surface area contributed by atoms with Crippen LogP contribution in [0.3, 0.4) is 0 Å². The van der Waals surface area contributed by atoms with E-state index in [1.54, 1.807) is 24.3 Å². The molecule has 0 bridgehead atoms. The summed E-state index contributed by atoms with van der Waals surface area (Å²) in [6.07, 6.45) is -4.55. The van der Waals surface area contributed by atoms with Gasteiger partial charge < -0.3 is 15.0 Å². The van der Waals surface area contributed by atoms with Gasteiger partial charge in [-0.2, -0.15) is 23.3 Å². The molecule has 25 heavy (non-hydrogen) atoms. The summed E-state index contributed by atoms with van der Waals surface area (Å²) in [6, 6.07) is 7.08. The molecular weight excluding hydrogens is 343 g/mol. The summed E-state index contributed by atoms with van der Waals surface area (Å²) in [5.41, 5.74) is 4.37. The molecule has 3 aromatic rings. The first kappa shape index (κ1) is 16.5. The zero-order valence-electron chi connectivity index (χ0n) is 12.4. The summed E-state index contributed by atoms with van der Waals surface area (Å²) in [4.78, 5) is 14.7. The monoisotopic (exact) mass is 353 g/mol. The molecule has 0 saturated carbocycles. The number of nitrogens with two attached hydrogens (primary N) is 1. The molecule has 1 aromatic carbocycles. The van der Waals surface area contributed by atoms with E-state index >= 15 is 0 Å². The first-order valence-corrected chi connectivity index (χ1v) is 6.81. The van der Waals surface area contributed by atoms with Crippen molar-refractivity contribution < 1.29 is 27.2 Å². The summed E-state index contributed by atoms with van der Waals surface area (Å²) in [6.45, 7) is -0.258. The minimum absolute atomic E-state index is 0.118. The lowest BCUT2D eigenvalue weighted by atomic mass is 10.2. The van der Waals surface area contributed by atoms with Crippen molar-refractivity contribution in [3.63, 3.8) is 0 Å². The number of nitrogens with zero attached hydrogens (tertiary/aromatic N) is 3. The van der Waals surface area contributed by atoms with E-state index in [-0.39, 0.29) is 24.0 Å². The Hall–Kier alpha value is -3.37. The van der Waals surface area contributed by atoms with Gasteiger partial charge in [0.2, 0.25) is 5.82 Å². The van der Waals surface area contributed by atoms with Crippen molar-refractivity contribution in [2.45, 2.75) is 6.18 Å². The second kappa shape index (κ2) is 6.26. The summed E-state index contributed by atoms with van der Waals surface area (Å²) < 4.78 is 47.7. The Morgan fingerprint density at radius 1 is 1.28 bits per heavy atom. The maximum Gasteiger partial charge on any atom is 0.432 e. The zero-order chi connectivity index (χ0) is 18.0. The number of amides is 1. The van der Waals surface area contributed by atoms with Crippen molar-refractivity contribution in [3.8, 4) is 28.7 Å². The molecule has 0 aliphatic heterocycles. The molecule has 130 valence electrons. The number of H-pyrrole nitrogens is 1. The van der Waals surface area contributed by atoms with E-state index in [1.165, 1.54) is 0 Å². The molecule has 0 fully saturated rings. The van der Waals surface area contributed by atoms with Gasteiger partial charge in [-0.05, 0) is 24.3 Å². The van der Waals surface area contributed by atoms with Crippen molar-refractivity contribution in [2.24, 2.45) is 5.73 Å². The normalized spacial score (nSPS) is 11.5. The summed E-state index contributed by atoms with van der Waals surface area (Å²) in [7, 11) is 0. The molecule has 2 heterocycles. The average molecular weight is 353 g/mol. The minimum Gasteiger partial charge on any atom is -0.484 e. The van der Waals surface area contributed by atoms with Crippen molar-refractivity contribution in [1.29, 1.82) is 0 Å². The molecule has 11 heteroatoms. The van der Waals surface area contributed by atoms with Gasteiger partial charge in [0, 0.05) is 11.6 Å². The number of alkyl halides is 3. The van der Waals surface area contributed by atoms with Crippen LogP contribution in [0.1, 0.15) is 5.69 Å². The van der Waals surface area contributed by atoms with Crippen LogP contribution in [0.2, 0.25) is 0 Å². The highest BCUT2D eigenvalue weighted by Gasteiger charge is 2.33. The lowest BCUT2D eigenvalue weighted by Crippen LogP contribution is -2.19. The van der Waals surface area contributed by atoms with E-state index in [0.717, 1.165) is 6.07 Å². The predicted molar refractivity (Wildman–Crippen MR) is 77.0 cm³/mol. The van der Waals surface area contributed by atoms with Gasteiger partial charge in [0.05, 0.1) is 0 Å². The lowest BCUT2D eigenvalue weighted by molar-refractivity contribution is -0.141. The fourth-order valence-electron chi connectivity index (χ4n) is 1.88. The van der Waals surface area contributed by atoms with Crippen LogP contribution in [0, 0.1) is 0 Å². The van der Waals surface area contributed by atoms with Gasteiger partial charge >= 0.3 is 6.18 Å². The number of ether oxygens (including phenoxy) is 1. The average Bonchev–Trinajstić information content (AvgIpc) is 3.22. The summed E-state index contributed by atoms with van der Waals surface area (Å²) >= 11 is 0. The van der Waals surface area contributed by atoms with Crippen molar-refractivity contribution in [2.75, 3.05) is 6.61 Å². The number of nitrogens with one attached hydrogen (secondary N) is 1. The molecule has 0 aliphatic carbocycles. The SMILES string of the molecule is NC(=O)COc1ccc(-c2noc(-c3cc(C(F)(F)F)[nH]n3)n2)cc1. The van der Waals surface area contributed by atoms with Gasteiger partial charge in [-0.3, -0.25) is 9.89 Å². The molecule has 3 N–H and O–H groups in total. The van der Waals surface area contributed by atoms with Gasteiger partial charge in [0.25, 0.3) is 11.8 Å². The highest BCUT2D eigenvalue weighted by molar-refractivity contribution is 5.75. The van der Waals surface area contributed by atoms with Gasteiger partial charge in [-0.1, -0.05) is 5.16 Å². The minimum atomic E-state index is -4.55. The number of halogens is 3. The molecule has 0 saturated heterocycles. The Morgan fingerprint density at radius 2 is 2.00 bits per heavy atom. The predicted octanol–water partition coefficient (Wildman–Crippen LogP) is 2.01. The second-order valence-electron chi connectivity index (χ2n) is 4.87. The lowest BCUT2D eigenvalue weighted by Gasteiger charge is -2.03. The molecule has 3 rings (SSSR count). The van der Waals surface area contributed by atoms with Gasteiger partial charge in [-0.25, -0.2) is 0 Å². The molecular formula is C14H10F3N5O3. The fourth-order valence-corrected chi connectivity index (χ4v) is 1.88. The number of aromatic amines is 1. The van der Waals surface area contributed by atoms with E-state index in [2.05, 4.69) is 15.2 Å². The van der Waals surface area contributed by atoms with Crippen molar-refractivity contribution in [3.05, 3.63) is 36.0 Å². The van der Waals surface area contributed by atoms with E-state index in [9.17, 15) is 18.0 Å². The maximum atomic E-state index is 12.6. The van der Waals surface area contributed by atoms with Gasteiger partial charge in [0.1, 0.15) is 11.4 Å². The molecule has 8 nitrogen and oxygen atoms in total. The van der Waals surface area contributed by atoms with Crippen LogP contribution in [0.5, 0.6) is 5.75 Å². The van der Waals surface area contributed by atoms with Crippen LogP contribution in [0.4, 0.5) is 13.2 Å². The van der Waals surface area contributed by atoms with Crippen LogP contribution in [0.25, 0.3) is 23.0 Å². The third-order valence-electron chi connectivity index (χ3n) is 3.02. The molecule has 0 aliphatic rings. The van der Waals surface area contributed by atoms with Crippen LogP contribution in [0.15, 0.2) is 34.9 Å². The quantitative estimate of drug-likeness (QED) is 0.724. The van der Waals surface area contributed by atoms with E-state index in [4.69, 9.17) is 15.0 Å². The maximum absolute atomic E-state index is 12.6. The topological polar surface area (TPSA) is 120 Å². The molecule has 0 spiro atoms. The van der Waals surface area contributed by atoms with Crippen LogP contribution in [-0.4, -0.2) is 32.9 Å². The highest BCUT2D eigenvalue weighted by Crippen LogP contribution is 2.30. The number of hydrogen-bond acceptors (Lipinski definition) is 6. The largest absolute Gasteiger partial charge is 0.484 e. The number of hydrogen-bond donors (Lipinski definition) is 2. The number of carbonyl (C=O) groups is 1. The van der Waals surface area contributed by atoms with Crippen molar-refractivity contribution in [1.82, 2.24) is 20.3 Å². The molecule has 1 amide bonds. The molecule has 0 unspecified atom stereocenters. The van der Waals surface area contributed by atoms with Crippen LogP contribution < -0.4 is 10.5 Å². The molecule has 0 atom stereocenters. The van der Waals surface area contributed by atoms with E-state index < -0.39 is 17.8 Å². The smallest absolute Gasteiger partial charge is 0.432 e. The van der Waals surface area contributed by atoms with Crippen LogP contribution in [-0.2, 0) is 11.0 Å². The number of benzene rings is 1. The number of aromatic nitrogens is 4. The highest BCUT2D eigenvalue weighted by atomic mass is 19.4.